The SMILES string of the molecule is CCCC[C@H](OC(N)=O)C(=O)C(=O)Nc1ccn[nH]1. The third-order valence-corrected chi connectivity index (χ3v) is 2.34. The predicted octanol–water partition coefficient (Wildman–Crippen LogP) is 0.571. The number of Topliss-reactive ketones (excluding diaryl/α,β-unsaturated/α-hetero) is 1. The molecule has 0 saturated carbocycles. The Morgan fingerprint density at radius 2 is 2.26 bits per heavy atom. The third kappa shape index (κ3) is 4.78. The van der Waals surface area contributed by atoms with Crippen molar-refractivity contribution in [3.63, 3.8) is 0 Å². The highest BCUT2D eigenvalue weighted by molar-refractivity contribution is 6.42. The summed E-state index contributed by atoms with van der Waals surface area (Å²) in [5.74, 6) is -1.44. The number of ketones is 1. The van der Waals surface area contributed by atoms with Crippen LogP contribution in [0.3, 0.4) is 0 Å². The summed E-state index contributed by atoms with van der Waals surface area (Å²) in [4.78, 5) is 34.2. The Morgan fingerprint density at radius 3 is 2.79 bits per heavy atom. The minimum atomic E-state index is -1.15. The molecule has 0 radical (unpaired) electrons. The van der Waals surface area contributed by atoms with Crippen LogP contribution in [0.15, 0.2) is 12.3 Å². The van der Waals surface area contributed by atoms with E-state index < -0.39 is 23.9 Å². The van der Waals surface area contributed by atoms with Crippen molar-refractivity contribution in [2.75, 3.05) is 5.32 Å². The predicted molar refractivity (Wildman–Crippen MR) is 66.2 cm³/mol. The van der Waals surface area contributed by atoms with Crippen LogP contribution in [0, 0.1) is 0 Å². The summed E-state index contributed by atoms with van der Waals surface area (Å²) in [5, 5.41) is 8.41. The van der Waals surface area contributed by atoms with Crippen LogP contribution >= 0.6 is 0 Å². The Hall–Kier alpha value is -2.38. The zero-order valence-corrected chi connectivity index (χ0v) is 10.5. The molecule has 19 heavy (non-hydrogen) atoms. The lowest BCUT2D eigenvalue weighted by Gasteiger charge is -2.14. The fourth-order valence-electron chi connectivity index (χ4n) is 1.43. The molecule has 0 fully saturated rings. The molecule has 0 aliphatic rings. The van der Waals surface area contributed by atoms with Crippen LogP contribution in [-0.2, 0) is 14.3 Å². The summed E-state index contributed by atoms with van der Waals surface area (Å²) in [6.45, 7) is 1.91. The van der Waals surface area contributed by atoms with Crippen molar-refractivity contribution in [1.29, 1.82) is 0 Å². The van der Waals surface area contributed by atoms with Gasteiger partial charge in [0.2, 0.25) is 0 Å². The van der Waals surface area contributed by atoms with E-state index in [0.29, 0.717) is 6.42 Å². The van der Waals surface area contributed by atoms with Gasteiger partial charge in [-0.2, -0.15) is 5.10 Å². The van der Waals surface area contributed by atoms with Gasteiger partial charge in [-0.25, -0.2) is 4.79 Å². The zero-order chi connectivity index (χ0) is 14.3. The average Bonchev–Trinajstić information content (AvgIpc) is 2.85. The number of anilines is 1. The number of ether oxygens (including phenoxy) is 1. The van der Waals surface area contributed by atoms with E-state index in [4.69, 9.17) is 5.73 Å². The van der Waals surface area contributed by atoms with Gasteiger partial charge in [0, 0.05) is 6.07 Å². The highest BCUT2D eigenvalue weighted by Crippen LogP contribution is 2.08. The fourth-order valence-corrected chi connectivity index (χ4v) is 1.43. The number of nitrogens with one attached hydrogen (secondary N) is 2. The van der Waals surface area contributed by atoms with Gasteiger partial charge < -0.3 is 15.8 Å². The topological polar surface area (TPSA) is 127 Å². The molecule has 8 nitrogen and oxygen atoms in total. The molecule has 0 aromatic carbocycles. The lowest BCUT2D eigenvalue weighted by atomic mass is 10.1. The molecule has 0 spiro atoms. The second-order valence-electron chi connectivity index (χ2n) is 3.86. The third-order valence-electron chi connectivity index (χ3n) is 2.34. The van der Waals surface area contributed by atoms with Gasteiger partial charge in [-0.05, 0) is 12.8 Å². The Labute approximate surface area is 109 Å². The molecule has 8 heteroatoms. The van der Waals surface area contributed by atoms with Gasteiger partial charge in [-0.15, -0.1) is 0 Å². The Morgan fingerprint density at radius 1 is 1.53 bits per heavy atom. The fraction of sp³-hybridized carbons (Fsp3) is 0.455. The number of nitrogens with zero attached hydrogens (tertiary/aromatic N) is 1. The van der Waals surface area contributed by atoms with Crippen LogP contribution in [0.1, 0.15) is 26.2 Å². The van der Waals surface area contributed by atoms with E-state index in [1.165, 1.54) is 12.3 Å². The molecule has 0 aliphatic carbocycles. The van der Waals surface area contributed by atoms with Gasteiger partial charge in [0.1, 0.15) is 5.82 Å². The van der Waals surface area contributed by atoms with Gasteiger partial charge in [0.25, 0.3) is 11.7 Å². The summed E-state index contributed by atoms with van der Waals surface area (Å²) in [7, 11) is 0. The zero-order valence-electron chi connectivity index (χ0n) is 10.5. The highest BCUT2D eigenvalue weighted by atomic mass is 16.6. The van der Waals surface area contributed by atoms with Crippen molar-refractivity contribution in [2.24, 2.45) is 5.73 Å². The molecule has 1 atom stereocenters. The first kappa shape index (κ1) is 14.7. The number of hydrogen-bond acceptors (Lipinski definition) is 5. The number of hydrogen-bond donors (Lipinski definition) is 3. The number of amides is 2. The number of carbonyl (C=O) groups excluding carboxylic acids is 3. The largest absolute Gasteiger partial charge is 0.438 e. The first-order chi connectivity index (χ1) is 9.04. The maximum Gasteiger partial charge on any atom is 0.405 e. The lowest BCUT2D eigenvalue weighted by Crippen LogP contribution is -2.37. The van der Waals surface area contributed by atoms with Gasteiger partial charge in [-0.1, -0.05) is 13.3 Å². The van der Waals surface area contributed by atoms with E-state index in [2.05, 4.69) is 20.3 Å². The van der Waals surface area contributed by atoms with E-state index in [1.807, 2.05) is 6.92 Å². The molecule has 0 saturated heterocycles. The van der Waals surface area contributed by atoms with Gasteiger partial charge in [-0.3, -0.25) is 14.7 Å². The molecule has 1 rings (SSSR count). The first-order valence-corrected chi connectivity index (χ1v) is 5.85. The molecular formula is C11H16N4O4. The average molecular weight is 268 g/mol. The van der Waals surface area contributed by atoms with Crippen LogP contribution in [0.25, 0.3) is 0 Å². The minimum Gasteiger partial charge on any atom is -0.438 e. The lowest BCUT2D eigenvalue weighted by molar-refractivity contribution is -0.140. The number of aromatic nitrogens is 2. The van der Waals surface area contributed by atoms with Crippen molar-refractivity contribution in [2.45, 2.75) is 32.3 Å². The summed E-state index contributed by atoms with van der Waals surface area (Å²) in [5.41, 5.74) is 4.88. The van der Waals surface area contributed by atoms with Crippen LogP contribution in [0.5, 0.6) is 0 Å². The van der Waals surface area contributed by atoms with Crippen molar-refractivity contribution >= 4 is 23.6 Å². The van der Waals surface area contributed by atoms with Gasteiger partial charge >= 0.3 is 6.09 Å². The van der Waals surface area contributed by atoms with Crippen LogP contribution in [0.2, 0.25) is 0 Å². The smallest absolute Gasteiger partial charge is 0.405 e. The number of carbonyl (C=O) groups is 3. The standard InChI is InChI=1S/C11H16N4O4/c1-2-3-4-7(19-11(12)18)9(16)10(17)14-8-5-6-13-15-8/h5-7H,2-4H2,1H3,(H2,12,18)(H2,13,14,15,17)/t7-/m0/s1. The maximum atomic E-state index is 11.8. The van der Waals surface area contributed by atoms with Crippen LogP contribution in [0.4, 0.5) is 10.6 Å². The summed E-state index contributed by atoms with van der Waals surface area (Å²) >= 11 is 0. The Kier molecular flexibility index (Phi) is 5.52. The van der Waals surface area contributed by atoms with Crippen molar-refractivity contribution in [1.82, 2.24) is 10.2 Å². The molecule has 1 aromatic heterocycles. The van der Waals surface area contributed by atoms with E-state index in [1.54, 1.807) is 0 Å². The molecule has 0 bridgehead atoms. The van der Waals surface area contributed by atoms with Gasteiger partial charge in [0.15, 0.2) is 6.10 Å². The summed E-state index contributed by atoms with van der Waals surface area (Å²) in [6, 6.07) is 1.49. The van der Waals surface area contributed by atoms with E-state index >= 15 is 0 Å². The quantitative estimate of drug-likeness (QED) is 0.623. The Balaban J connectivity index is 2.63. The number of aromatic amines is 1. The van der Waals surface area contributed by atoms with Crippen molar-refractivity contribution in [3.05, 3.63) is 12.3 Å². The molecule has 2 amide bonds. The van der Waals surface area contributed by atoms with Crippen molar-refractivity contribution in [3.8, 4) is 0 Å². The summed E-state index contributed by atoms with van der Waals surface area (Å²) < 4.78 is 4.66. The molecule has 1 heterocycles. The molecule has 4 N–H and O–H groups in total. The van der Waals surface area contributed by atoms with Crippen LogP contribution in [-0.4, -0.2) is 34.1 Å². The molecule has 0 unspecified atom stereocenters. The van der Waals surface area contributed by atoms with Gasteiger partial charge in [0.05, 0.1) is 6.20 Å². The molecule has 1 aromatic rings. The molecular weight excluding hydrogens is 252 g/mol. The number of H-pyrrole nitrogens is 1. The monoisotopic (exact) mass is 268 g/mol. The van der Waals surface area contributed by atoms with Crippen LogP contribution < -0.4 is 11.1 Å². The second-order valence-corrected chi connectivity index (χ2v) is 3.86. The number of rotatable bonds is 7. The second kappa shape index (κ2) is 7.14. The Bertz CT molecular complexity index is 444. The number of unbranched alkanes of at least 4 members (excludes halogenated alkanes) is 1. The number of primary amides is 1. The van der Waals surface area contributed by atoms with E-state index in [0.717, 1.165) is 6.42 Å². The summed E-state index contributed by atoms with van der Waals surface area (Å²) in [6.07, 6.45) is 0.891. The molecule has 104 valence electrons. The minimum absolute atomic E-state index is 0.259. The molecule has 0 aliphatic heterocycles. The first-order valence-electron chi connectivity index (χ1n) is 5.85. The number of nitrogens with two attached hydrogens (primary N) is 1. The van der Waals surface area contributed by atoms with Crippen molar-refractivity contribution < 1.29 is 19.1 Å². The normalized spacial score (nSPS) is 11.6. The maximum absolute atomic E-state index is 11.8. The highest BCUT2D eigenvalue weighted by Gasteiger charge is 2.28. The van der Waals surface area contributed by atoms with E-state index in [9.17, 15) is 14.4 Å². The van der Waals surface area contributed by atoms with E-state index in [-0.39, 0.29) is 12.2 Å².